The fourth-order valence-corrected chi connectivity index (χ4v) is 2.79. The van der Waals surface area contributed by atoms with Crippen molar-refractivity contribution in [3.8, 4) is 28.4 Å². The van der Waals surface area contributed by atoms with Crippen LogP contribution in [0, 0.1) is 0 Å². The molecular formula is C18H22O3. The minimum Gasteiger partial charge on any atom is -0.507 e. The quantitative estimate of drug-likeness (QED) is 0.584. The molecule has 0 unspecified atom stereocenters. The molecule has 0 saturated carbocycles. The molecule has 3 nitrogen and oxygen atoms in total. The number of rotatable bonds is 4. The molecule has 3 heteroatoms. The first-order chi connectivity index (χ1) is 10.0. The third-order valence-electron chi connectivity index (χ3n) is 3.96. The third kappa shape index (κ3) is 2.56. The third-order valence-corrected chi connectivity index (χ3v) is 3.96. The van der Waals surface area contributed by atoms with Crippen LogP contribution in [-0.4, -0.2) is 15.3 Å². The number of hydrogen-bond donors (Lipinski definition) is 3. The van der Waals surface area contributed by atoms with Crippen LogP contribution < -0.4 is 0 Å². The second-order valence-corrected chi connectivity index (χ2v) is 5.14. The van der Waals surface area contributed by atoms with Crippen LogP contribution >= 0.6 is 0 Å². The average molecular weight is 286 g/mol. The van der Waals surface area contributed by atoms with Crippen molar-refractivity contribution >= 4 is 0 Å². The van der Waals surface area contributed by atoms with E-state index in [0.29, 0.717) is 29.5 Å². The molecule has 0 spiro atoms. The Bertz CT molecular complexity index is 660. The van der Waals surface area contributed by atoms with Crippen molar-refractivity contribution in [2.24, 2.45) is 0 Å². The minimum atomic E-state index is -0.241. The zero-order chi connectivity index (χ0) is 15.6. The Kier molecular flexibility index (Phi) is 4.41. The topological polar surface area (TPSA) is 60.7 Å². The molecule has 0 fully saturated rings. The van der Waals surface area contributed by atoms with Crippen molar-refractivity contribution in [1.82, 2.24) is 0 Å². The van der Waals surface area contributed by atoms with Gasteiger partial charge in [-0.1, -0.05) is 45.0 Å². The van der Waals surface area contributed by atoms with Gasteiger partial charge in [0.25, 0.3) is 0 Å². The van der Waals surface area contributed by atoms with Gasteiger partial charge in [0.05, 0.1) is 5.56 Å². The highest BCUT2D eigenvalue weighted by atomic mass is 16.3. The molecule has 0 heterocycles. The van der Waals surface area contributed by atoms with E-state index < -0.39 is 0 Å². The highest BCUT2D eigenvalue weighted by Crippen LogP contribution is 2.48. The van der Waals surface area contributed by atoms with Crippen LogP contribution in [-0.2, 0) is 19.3 Å². The van der Waals surface area contributed by atoms with Crippen LogP contribution in [0.3, 0.4) is 0 Å². The first kappa shape index (κ1) is 15.2. The number of benzene rings is 2. The van der Waals surface area contributed by atoms with Gasteiger partial charge >= 0.3 is 0 Å². The SMILES string of the molecule is CCc1cccc(-c2c(O)c(O)c(CC)c(CC)c2O)c1. The van der Waals surface area contributed by atoms with E-state index in [4.69, 9.17) is 0 Å². The van der Waals surface area contributed by atoms with E-state index in [1.807, 2.05) is 45.0 Å². The second kappa shape index (κ2) is 6.08. The van der Waals surface area contributed by atoms with Crippen molar-refractivity contribution in [3.63, 3.8) is 0 Å². The largest absolute Gasteiger partial charge is 0.507 e. The van der Waals surface area contributed by atoms with Gasteiger partial charge in [0.1, 0.15) is 5.75 Å². The molecule has 0 saturated heterocycles. The Morgan fingerprint density at radius 3 is 1.95 bits per heavy atom. The lowest BCUT2D eigenvalue weighted by Gasteiger charge is -2.17. The number of phenols is 3. The predicted molar refractivity (Wildman–Crippen MR) is 85.0 cm³/mol. The van der Waals surface area contributed by atoms with Gasteiger partial charge in [-0.25, -0.2) is 0 Å². The number of aromatic hydroxyl groups is 3. The number of phenolic OH excluding ortho intramolecular Hbond substituents is 3. The van der Waals surface area contributed by atoms with Gasteiger partial charge in [-0.15, -0.1) is 0 Å². The average Bonchev–Trinajstić information content (AvgIpc) is 2.51. The summed E-state index contributed by atoms with van der Waals surface area (Å²) in [5.41, 5.74) is 3.46. The summed E-state index contributed by atoms with van der Waals surface area (Å²) in [7, 11) is 0. The fraction of sp³-hybridized carbons (Fsp3) is 0.333. The van der Waals surface area contributed by atoms with Gasteiger partial charge in [0, 0.05) is 11.1 Å². The van der Waals surface area contributed by atoms with Crippen LogP contribution in [0.15, 0.2) is 24.3 Å². The Hall–Kier alpha value is -2.16. The van der Waals surface area contributed by atoms with Gasteiger partial charge in [0.2, 0.25) is 0 Å². The van der Waals surface area contributed by atoms with Crippen molar-refractivity contribution in [2.75, 3.05) is 0 Å². The summed E-state index contributed by atoms with van der Waals surface area (Å²) >= 11 is 0. The summed E-state index contributed by atoms with van der Waals surface area (Å²) in [6.45, 7) is 5.87. The Balaban J connectivity index is 2.77. The lowest BCUT2D eigenvalue weighted by Crippen LogP contribution is -1.96. The first-order valence-electron chi connectivity index (χ1n) is 7.42. The standard InChI is InChI=1S/C18H22O3/c1-4-11-8-7-9-12(10-11)15-16(19)13(5-2)14(6-3)17(20)18(15)21/h7-10,19-21H,4-6H2,1-3H3. The Morgan fingerprint density at radius 1 is 0.762 bits per heavy atom. The van der Waals surface area contributed by atoms with Crippen LogP contribution in [0.25, 0.3) is 11.1 Å². The van der Waals surface area contributed by atoms with Crippen LogP contribution in [0.2, 0.25) is 0 Å². The molecular weight excluding hydrogens is 264 g/mol. The van der Waals surface area contributed by atoms with Crippen molar-refractivity contribution in [1.29, 1.82) is 0 Å². The van der Waals surface area contributed by atoms with Gasteiger partial charge < -0.3 is 15.3 Å². The molecule has 0 aliphatic carbocycles. The van der Waals surface area contributed by atoms with E-state index >= 15 is 0 Å². The molecule has 0 aromatic heterocycles. The molecule has 2 aromatic rings. The van der Waals surface area contributed by atoms with Gasteiger partial charge in [-0.3, -0.25) is 0 Å². The molecule has 0 aliphatic rings. The first-order valence-corrected chi connectivity index (χ1v) is 7.42. The lowest BCUT2D eigenvalue weighted by molar-refractivity contribution is 0.392. The maximum Gasteiger partial charge on any atom is 0.169 e. The fourth-order valence-electron chi connectivity index (χ4n) is 2.79. The molecule has 2 aromatic carbocycles. The minimum absolute atomic E-state index is 0.0675. The second-order valence-electron chi connectivity index (χ2n) is 5.14. The normalized spacial score (nSPS) is 10.8. The highest BCUT2D eigenvalue weighted by molar-refractivity contribution is 5.82. The summed E-state index contributed by atoms with van der Waals surface area (Å²) in [4.78, 5) is 0. The summed E-state index contributed by atoms with van der Waals surface area (Å²) < 4.78 is 0. The summed E-state index contributed by atoms with van der Waals surface area (Å²) in [6, 6.07) is 7.65. The molecule has 0 amide bonds. The maximum absolute atomic E-state index is 10.6. The zero-order valence-corrected chi connectivity index (χ0v) is 12.8. The van der Waals surface area contributed by atoms with Gasteiger partial charge in [-0.2, -0.15) is 0 Å². The van der Waals surface area contributed by atoms with Crippen molar-refractivity contribution in [2.45, 2.75) is 40.0 Å². The van der Waals surface area contributed by atoms with Gasteiger partial charge in [0.15, 0.2) is 11.5 Å². The van der Waals surface area contributed by atoms with Gasteiger partial charge in [-0.05, 0) is 30.4 Å². The van der Waals surface area contributed by atoms with Crippen LogP contribution in [0.1, 0.15) is 37.5 Å². The van der Waals surface area contributed by atoms with Crippen LogP contribution in [0.4, 0.5) is 0 Å². The molecule has 0 atom stereocenters. The van der Waals surface area contributed by atoms with E-state index in [0.717, 1.165) is 17.5 Å². The Labute approximate surface area is 125 Å². The lowest BCUT2D eigenvalue weighted by atomic mass is 9.92. The molecule has 0 radical (unpaired) electrons. The van der Waals surface area contributed by atoms with E-state index in [9.17, 15) is 15.3 Å². The highest BCUT2D eigenvalue weighted by Gasteiger charge is 2.22. The smallest absolute Gasteiger partial charge is 0.169 e. The molecule has 2 rings (SSSR count). The summed E-state index contributed by atoms with van der Waals surface area (Å²) in [6.07, 6.45) is 2.03. The maximum atomic E-state index is 10.6. The van der Waals surface area contributed by atoms with Crippen molar-refractivity contribution in [3.05, 3.63) is 41.0 Å². The van der Waals surface area contributed by atoms with Crippen molar-refractivity contribution < 1.29 is 15.3 Å². The monoisotopic (exact) mass is 286 g/mol. The van der Waals surface area contributed by atoms with E-state index in [1.165, 1.54) is 0 Å². The molecule has 0 aliphatic heterocycles. The van der Waals surface area contributed by atoms with E-state index in [2.05, 4.69) is 0 Å². The Morgan fingerprint density at radius 2 is 1.38 bits per heavy atom. The summed E-state index contributed by atoms with van der Waals surface area (Å²) in [5.74, 6) is -0.295. The predicted octanol–water partition coefficient (Wildman–Crippen LogP) is 4.16. The zero-order valence-electron chi connectivity index (χ0n) is 12.8. The summed E-state index contributed by atoms with van der Waals surface area (Å²) in [5, 5.41) is 31.1. The van der Waals surface area contributed by atoms with E-state index in [-0.39, 0.29) is 17.2 Å². The van der Waals surface area contributed by atoms with Crippen LogP contribution in [0.5, 0.6) is 17.2 Å². The molecule has 0 bridgehead atoms. The molecule has 112 valence electrons. The molecule has 3 N–H and O–H groups in total. The van der Waals surface area contributed by atoms with E-state index in [1.54, 1.807) is 0 Å². The molecule has 21 heavy (non-hydrogen) atoms. The number of hydrogen-bond acceptors (Lipinski definition) is 3. The number of aryl methyl sites for hydroxylation is 1.